The monoisotopic (exact) mass is 334 g/mol. The lowest BCUT2D eigenvalue weighted by Crippen LogP contribution is -2.19. The molecule has 3 aromatic heterocycles. The highest BCUT2D eigenvalue weighted by Gasteiger charge is 2.20. The average molecular weight is 334 g/mol. The number of aliphatic hydroxyl groups is 1. The minimum Gasteiger partial charge on any atom is -0.384 e. The zero-order chi connectivity index (χ0) is 19.9. The van der Waals surface area contributed by atoms with E-state index in [0.717, 1.165) is 16.7 Å². The number of hydrogen-bond acceptors (Lipinski definition) is 5. The van der Waals surface area contributed by atoms with Crippen molar-refractivity contribution in [2.24, 2.45) is 0 Å². The first-order valence-electron chi connectivity index (χ1n) is 9.22. The molecular formula is C19H17N5O. The first kappa shape index (κ1) is 12.3. The van der Waals surface area contributed by atoms with Gasteiger partial charge in [0.25, 0.3) is 5.78 Å². The molecule has 0 aliphatic heterocycles. The summed E-state index contributed by atoms with van der Waals surface area (Å²) in [7, 11) is 0. The van der Waals surface area contributed by atoms with Crippen LogP contribution in [0.1, 0.15) is 23.6 Å². The summed E-state index contributed by atoms with van der Waals surface area (Å²) >= 11 is 0. The molecule has 0 aliphatic rings. The maximum absolute atomic E-state index is 10.4. The third-order valence-corrected chi connectivity index (χ3v) is 3.89. The van der Waals surface area contributed by atoms with Gasteiger partial charge >= 0.3 is 0 Å². The van der Waals surface area contributed by atoms with Crippen molar-refractivity contribution in [1.29, 1.82) is 0 Å². The molecule has 6 heteroatoms. The zero-order valence-electron chi connectivity index (χ0n) is 16.5. The van der Waals surface area contributed by atoms with E-state index < -0.39 is 12.5 Å². The van der Waals surface area contributed by atoms with E-state index in [9.17, 15) is 5.11 Å². The summed E-state index contributed by atoms with van der Waals surface area (Å²) in [6, 6.07) is 11.7. The molecule has 0 saturated heterocycles. The van der Waals surface area contributed by atoms with Gasteiger partial charge in [-0.3, -0.25) is 4.98 Å². The van der Waals surface area contributed by atoms with Crippen molar-refractivity contribution in [3.8, 4) is 22.4 Å². The number of benzene rings is 1. The molecule has 1 atom stereocenters. The Morgan fingerprint density at radius 3 is 2.72 bits per heavy atom. The number of pyridine rings is 1. The third-order valence-electron chi connectivity index (χ3n) is 3.89. The van der Waals surface area contributed by atoms with Gasteiger partial charge in [0, 0.05) is 27.6 Å². The topological polar surface area (TPSA) is 76.2 Å². The summed E-state index contributed by atoms with van der Waals surface area (Å²) < 4.78 is 24.0. The summed E-state index contributed by atoms with van der Waals surface area (Å²) in [5.41, 5.74) is 1.39. The maximum atomic E-state index is 10.4. The highest BCUT2D eigenvalue weighted by atomic mass is 16.3. The van der Waals surface area contributed by atoms with Crippen molar-refractivity contribution < 1.29 is 9.22 Å². The lowest BCUT2D eigenvalue weighted by molar-refractivity contribution is 0.0734. The van der Waals surface area contributed by atoms with Crippen LogP contribution in [0.3, 0.4) is 0 Å². The molecule has 0 aliphatic carbocycles. The van der Waals surface area contributed by atoms with Crippen LogP contribution in [0, 0.1) is 0 Å². The van der Waals surface area contributed by atoms with Crippen molar-refractivity contribution in [1.82, 2.24) is 24.6 Å². The van der Waals surface area contributed by atoms with Crippen LogP contribution in [0.25, 0.3) is 28.2 Å². The first-order valence-corrected chi connectivity index (χ1v) is 7.72. The molecule has 3 heterocycles. The Balaban J connectivity index is 1.77. The van der Waals surface area contributed by atoms with E-state index in [2.05, 4.69) is 20.1 Å². The van der Waals surface area contributed by atoms with Gasteiger partial charge in [0.1, 0.15) is 5.60 Å². The number of hydrogen-bond donors (Lipinski definition) is 1. The summed E-state index contributed by atoms with van der Waals surface area (Å²) in [5, 5.41) is 14.6. The van der Waals surface area contributed by atoms with Crippen LogP contribution in [0.5, 0.6) is 0 Å². The molecule has 25 heavy (non-hydrogen) atoms. The Hall–Kier alpha value is -3.12. The maximum Gasteiger partial charge on any atom is 0.251 e. The summed E-state index contributed by atoms with van der Waals surface area (Å²) in [6.45, 7) is -1.44. The molecule has 0 spiro atoms. The van der Waals surface area contributed by atoms with Crippen LogP contribution in [-0.4, -0.2) is 29.7 Å². The molecule has 0 bridgehead atoms. The molecular weight excluding hydrogens is 314 g/mol. The first-order chi connectivity index (χ1) is 13.3. The number of aromatic nitrogens is 5. The third kappa shape index (κ3) is 2.88. The van der Waals surface area contributed by atoms with Crippen LogP contribution >= 0.6 is 0 Å². The summed E-state index contributed by atoms with van der Waals surface area (Å²) in [4.78, 5) is 12.6. The zero-order valence-corrected chi connectivity index (χ0v) is 13.5. The lowest BCUT2D eigenvalue weighted by Gasteiger charge is -2.15. The van der Waals surface area contributed by atoms with E-state index in [1.165, 1.54) is 17.6 Å². The minimum absolute atomic E-state index is 0.0544. The van der Waals surface area contributed by atoms with Gasteiger partial charge in [-0.05, 0) is 31.5 Å². The highest BCUT2D eigenvalue weighted by molar-refractivity contribution is 5.71. The molecule has 0 radical (unpaired) electrons. The van der Waals surface area contributed by atoms with Crippen LogP contribution in [0.2, 0.25) is 0 Å². The standard InChI is InChI=1S/C19H17N5O/c1-19(2,25)17-12-22-24-16(11-21-18(24)23-17)14-6-3-5-13(9-14)15-7-4-8-20-10-15/h3-12,25H,1-2H3/i1D3. The van der Waals surface area contributed by atoms with Gasteiger partial charge < -0.3 is 5.11 Å². The number of fused-ring (bicyclic) bond motifs is 1. The van der Waals surface area contributed by atoms with Crippen molar-refractivity contribution >= 4 is 5.78 Å². The molecule has 4 rings (SSSR count). The fourth-order valence-corrected chi connectivity index (χ4v) is 2.60. The molecule has 0 fully saturated rings. The van der Waals surface area contributed by atoms with Crippen LogP contribution < -0.4 is 0 Å². The summed E-state index contributed by atoms with van der Waals surface area (Å²) in [6.07, 6.45) is 6.39. The Morgan fingerprint density at radius 2 is 1.92 bits per heavy atom. The van der Waals surface area contributed by atoms with E-state index in [-0.39, 0.29) is 11.5 Å². The second kappa shape index (κ2) is 5.75. The van der Waals surface area contributed by atoms with Gasteiger partial charge in [-0.25, -0.2) is 9.97 Å². The summed E-state index contributed by atoms with van der Waals surface area (Å²) in [5.74, 6) is 0.212. The molecule has 1 unspecified atom stereocenters. The normalized spacial score (nSPS) is 16.0. The predicted molar refractivity (Wildman–Crippen MR) is 94.7 cm³/mol. The van der Waals surface area contributed by atoms with E-state index in [1.54, 1.807) is 18.6 Å². The van der Waals surface area contributed by atoms with Crippen molar-refractivity contribution in [2.75, 3.05) is 0 Å². The largest absolute Gasteiger partial charge is 0.384 e. The fraction of sp³-hybridized carbons (Fsp3) is 0.158. The van der Waals surface area contributed by atoms with Gasteiger partial charge in [-0.1, -0.05) is 24.3 Å². The molecule has 0 saturated carbocycles. The fourth-order valence-electron chi connectivity index (χ4n) is 2.60. The van der Waals surface area contributed by atoms with Gasteiger partial charge in [0.15, 0.2) is 0 Å². The molecule has 1 aromatic carbocycles. The van der Waals surface area contributed by atoms with E-state index >= 15 is 0 Å². The van der Waals surface area contributed by atoms with Crippen LogP contribution in [-0.2, 0) is 5.60 Å². The molecule has 4 aromatic rings. The second-order valence-electron chi connectivity index (χ2n) is 5.89. The Kier molecular flexibility index (Phi) is 2.82. The van der Waals surface area contributed by atoms with Crippen molar-refractivity contribution in [2.45, 2.75) is 19.4 Å². The molecule has 1 N–H and O–H groups in total. The number of rotatable bonds is 3. The van der Waals surface area contributed by atoms with Crippen LogP contribution in [0.4, 0.5) is 0 Å². The molecule has 124 valence electrons. The quantitative estimate of drug-likeness (QED) is 0.623. The van der Waals surface area contributed by atoms with Gasteiger partial charge in [0.2, 0.25) is 0 Å². The van der Waals surface area contributed by atoms with Gasteiger partial charge in [-0.2, -0.15) is 9.61 Å². The predicted octanol–water partition coefficient (Wildman–Crippen LogP) is 3.08. The van der Waals surface area contributed by atoms with E-state index in [0.29, 0.717) is 5.69 Å². The Morgan fingerprint density at radius 1 is 1.08 bits per heavy atom. The minimum atomic E-state index is -2.63. The van der Waals surface area contributed by atoms with E-state index in [1.807, 2.05) is 36.4 Å². The highest BCUT2D eigenvalue weighted by Crippen LogP contribution is 2.26. The lowest BCUT2D eigenvalue weighted by atomic mass is 10.0. The van der Waals surface area contributed by atoms with Gasteiger partial charge in [-0.15, -0.1) is 0 Å². The smallest absolute Gasteiger partial charge is 0.251 e. The molecule has 6 nitrogen and oxygen atoms in total. The Labute approximate surface area is 149 Å². The van der Waals surface area contributed by atoms with Crippen molar-refractivity contribution in [3.63, 3.8) is 0 Å². The van der Waals surface area contributed by atoms with Gasteiger partial charge in [0.05, 0.1) is 23.8 Å². The number of imidazole rings is 1. The number of nitrogens with zero attached hydrogens (tertiary/aromatic N) is 5. The Bertz CT molecular complexity index is 1140. The van der Waals surface area contributed by atoms with Crippen LogP contribution in [0.15, 0.2) is 61.2 Å². The molecule has 0 amide bonds. The van der Waals surface area contributed by atoms with E-state index in [4.69, 9.17) is 4.11 Å². The average Bonchev–Trinajstić information content (AvgIpc) is 3.11. The van der Waals surface area contributed by atoms with Crippen molar-refractivity contribution in [3.05, 3.63) is 66.9 Å². The second-order valence-corrected chi connectivity index (χ2v) is 5.89. The SMILES string of the molecule is [2H]C([2H])([2H])C(C)(O)c1cnn2c(-c3cccc(-c4cccnc4)c3)cnc2n1.